The number of hydrogen-bond donors (Lipinski definition) is 2. The van der Waals surface area contributed by atoms with E-state index in [1.807, 2.05) is 44.2 Å². The fraction of sp³-hybridized carbons (Fsp3) is 0.345. The predicted octanol–water partition coefficient (Wildman–Crippen LogP) is 3.68. The Morgan fingerprint density at radius 1 is 1.00 bits per heavy atom. The first-order valence-corrected chi connectivity index (χ1v) is 14.4. The van der Waals surface area contributed by atoms with Gasteiger partial charge in [-0.1, -0.05) is 56.3 Å². The van der Waals surface area contributed by atoms with Crippen LogP contribution in [0.3, 0.4) is 0 Å². The second-order valence-corrected chi connectivity index (χ2v) is 11.4. The Bertz CT molecular complexity index is 1320. The molecule has 208 valence electrons. The van der Waals surface area contributed by atoms with Gasteiger partial charge in [0.25, 0.3) is 5.91 Å². The summed E-state index contributed by atoms with van der Waals surface area (Å²) in [4.78, 5) is 32.3. The molecule has 3 aromatic rings. The molecule has 39 heavy (non-hydrogen) atoms. The van der Waals surface area contributed by atoms with Crippen molar-refractivity contribution in [1.82, 2.24) is 15.2 Å². The molecule has 2 aromatic carbocycles. The monoisotopic (exact) mass is 552 g/mol. The average molecular weight is 553 g/mol. The maximum absolute atomic E-state index is 14.1. The number of methoxy groups -OCH3 is 1. The number of nitrogens with one attached hydrogen (secondary N) is 1. The standard InChI is InChI=1S/C29H36N4O5S/c1-21(2)20-26(32-27(34)23-15-17-31-18-16-23)28(35)33(19-7-10-22-8-5-4-6-9-22)29(39(30,36)37)24-11-13-25(38-3)14-12-24/h4-6,8-9,11-18,21,26,29H,7,10,19-20H2,1-3H3,(H,32,34)(H2,30,36,37)/t26-,29?/m0/s1. The van der Waals surface area contributed by atoms with Crippen molar-refractivity contribution < 1.29 is 22.7 Å². The number of carbonyl (C=O) groups excluding carboxylic acids is 2. The van der Waals surface area contributed by atoms with Crippen molar-refractivity contribution in [2.24, 2.45) is 11.1 Å². The van der Waals surface area contributed by atoms with Crippen LogP contribution in [-0.2, 0) is 21.2 Å². The van der Waals surface area contributed by atoms with Gasteiger partial charge in [0, 0.05) is 24.5 Å². The highest BCUT2D eigenvalue weighted by molar-refractivity contribution is 7.89. The minimum Gasteiger partial charge on any atom is -0.497 e. The zero-order valence-corrected chi connectivity index (χ0v) is 23.3. The molecule has 0 fully saturated rings. The minimum absolute atomic E-state index is 0.0387. The number of nitrogens with zero attached hydrogens (tertiary/aromatic N) is 2. The van der Waals surface area contributed by atoms with Crippen LogP contribution < -0.4 is 15.2 Å². The fourth-order valence-corrected chi connectivity index (χ4v) is 5.50. The molecule has 0 bridgehead atoms. The predicted molar refractivity (Wildman–Crippen MR) is 150 cm³/mol. The van der Waals surface area contributed by atoms with E-state index in [1.54, 1.807) is 36.4 Å². The van der Waals surface area contributed by atoms with Crippen molar-refractivity contribution in [3.8, 4) is 5.75 Å². The van der Waals surface area contributed by atoms with Gasteiger partial charge >= 0.3 is 0 Å². The third-order valence-electron chi connectivity index (χ3n) is 6.24. The van der Waals surface area contributed by atoms with Crippen LogP contribution in [0.1, 0.15) is 53.5 Å². The summed E-state index contributed by atoms with van der Waals surface area (Å²) in [6, 6.07) is 18.3. The summed E-state index contributed by atoms with van der Waals surface area (Å²) in [6.07, 6.45) is 4.41. The van der Waals surface area contributed by atoms with Crippen LogP contribution in [-0.4, -0.2) is 49.8 Å². The van der Waals surface area contributed by atoms with Crippen molar-refractivity contribution in [3.05, 3.63) is 95.8 Å². The van der Waals surface area contributed by atoms with Gasteiger partial charge in [-0.15, -0.1) is 0 Å². The molecule has 0 saturated carbocycles. The van der Waals surface area contributed by atoms with Crippen LogP contribution in [0.15, 0.2) is 79.1 Å². The average Bonchev–Trinajstić information content (AvgIpc) is 2.92. The quantitative estimate of drug-likeness (QED) is 0.333. The van der Waals surface area contributed by atoms with Gasteiger partial charge in [-0.2, -0.15) is 0 Å². The Balaban J connectivity index is 1.98. The second-order valence-electron chi connectivity index (χ2n) is 9.73. The summed E-state index contributed by atoms with van der Waals surface area (Å²) < 4.78 is 31.2. The van der Waals surface area contributed by atoms with Gasteiger partial charge in [-0.05, 0) is 60.6 Å². The topological polar surface area (TPSA) is 132 Å². The van der Waals surface area contributed by atoms with Gasteiger partial charge < -0.3 is 15.0 Å². The molecule has 3 rings (SSSR count). The number of amides is 2. The van der Waals surface area contributed by atoms with Gasteiger partial charge in [0.05, 0.1) is 7.11 Å². The van der Waals surface area contributed by atoms with E-state index >= 15 is 0 Å². The minimum atomic E-state index is -4.28. The first-order chi connectivity index (χ1) is 18.6. The highest BCUT2D eigenvalue weighted by Crippen LogP contribution is 2.29. The number of nitrogens with two attached hydrogens (primary N) is 1. The SMILES string of the molecule is COc1ccc(C(N(CCCc2ccccc2)C(=O)[C@H](CC(C)C)NC(=O)c2ccncc2)S(N)(=O)=O)cc1. The van der Waals surface area contributed by atoms with Crippen LogP contribution in [0.25, 0.3) is 0 Å². The molecule has 1 aromatic heterocycles. The van der Waals surface area contributed by atoms with E-state index in [0.29, 0.717) is 36.1 Å². The smallest absolute Gasteiger partial charge is 0.252 e. The number of rotatable bonds is 13. The van der Waals surface area contributed by atoms with Crippen molar-refractivity contribution in [1.29, 1.82) is 0 Å². The van der Waals surface area contributed by atoms with E-state index in [4.69, 9.17) is 9.88 Å². The van der Waals surface area contributed by atoms with E-state index in [2.05, 4.69) is 10.3 Å². The summed E-state index contributed by atoms with van der Waals surface area (Å²) in [6.45, 7) is 3.97. The van der Waals surface area contributed by atoms with Crippen LogP contribution in [0.2, 0.25) is 0 Å². The fourth-order valence-electron chi connectivity index (χ4n) is 4.39. The Morgan fingerprint density at radius 2 is 1.64 bits per heavy atom. The summed E-state index contributed by atoms with van der Waals surface area (Å²) >= 11 is 0. The van der Waals surface area contributed by atoms with Crippen LogP contribution in [0.4, 0.5) is 0 Å². The molecule has 0 aliphatic heterocycles. The molecule has 0 aliphatic carbocycles. The molecule has 1 heterocycles. The first kappa shape index (κ1) is 29.8. The first-order valence-electron chi connectivity index (χ1n) is 12.8. The number of carbonyl (C=O) groups is 2. The van der Waals surface area contributed by atoms with Crippen molar-refractivity contribution in [2.75, 3.05) is 13.7 Å². The van der Waals surface area contributed by atoms with Gasteiger partial charge in [0.2, 0.25) is 15.9 Å². The van der Waals surface area contributed by atoms with Gasteiger partial charge in [-0.25, -0.2) is 13.6 Å². The lowest BCUT2D eigenvalue weighted by Crippen LogP contribution is -2.52. The molecule has 0 radical (unpaired) electrons. The molecule has 3 N–H and O–H groups in total. The van der Waals surface area contributed by atoms with Gasteiger partial charge in [0.15, 0.2) is 5.37 Å². The Kier molecular flexibility index (Phi) is 10.6. The number of sulfonamides is 1. The molecule has 2 amide bonds. The molecular formula is C29H36N4O5S. The summed E-state index contributed by atoms with van der Waals surface area (Å²) in [5, 5.41) is 7.12. The molecule has 0 aliphatic rings. The summed E-state index contributed by atoms with van der Waals surface area (Å²) in [7, 11) is -2.77. The van der Waals surface area contributed by atoms with Crippen molar-refractivity contribution in [3.63, 3.8) is 0 Å². The lowest BCUT2D eigenvalue weighted by molar-refractivity contribution is -0.134. The zero-order chi connectivity index (χ0) is 28.4. The maximum Gasteiger partial charge on any atom is 0.252 e. The molecule has 9 nitrogen and oxygen atoms in total. The molecular weight excluding hydrogens is 516 g/mol. The molecule has 1 unspecified atom stereocenters. The lowest BCUT2D eigenvalue weighted by Gasteiger charge is -2.34. The number of ether oxygens (including phenoxy) is 1. The highest BCUT2D eigenvalue weighted by atomic mass is 32.2. The number of aromatic nitrogens is 1. The van der Waals surface area contributed by atoms with Crippen LogP contribution in [0, 0.1) is 5.92 Å². The van der Waals surface area contributed by atoms with E-state index in [1.165, 1.54) is 24.4 Å². The largest absolute Gasteiger partial charge is 0.497 e. The van der Waals surface area contributed by atoms with Crippen LogP contribution >= 0.6 is 0 Å². The lowest BCUT2D eigenvalue weighted by atomic mass is 10.0. The van der Waals surface area contributed by atoms with Crippen LogP contribution in [0.5, 0.6) is 5.75 Å². The number of pyridine rings is 1. The van der Waals surface area contributed by atoms with E-state index in [-0.39, 0.29) is 12.5 Å². The molecule has 0 spiro atoms. The second kappa shape index (κ2) is 13.9. The third kappa shape index (κ3) is 8.62. The van der Waals surface area contributed by atoms with Gasteiger partial charge in [-0.3, -0.25) is 14.6 Å². The normalized spacial score (nSPS) is 12.9. The summed E-state index contributed by atoms with van der Waals surface area (Å²) in [5.74, 6) is -0.390. The number of benzene rings is 2. The molecule has 10 heteroatoms. The van der Waals surface area contributed by atoms with Crippen molar-refractivity contribution in [2.45, 2.75) is 44.5 Å². The Labute approximate surface area is 230 Å². The highest BCUT2D eigenvalue weighted by Gasteiger charge is 2.37. The number of hydrogen-bond acceptors (Lipinski definition) is 6. The van der Waals surface area contributed by atoms with E-state index in [9.17, 15) is 18.0 Å². The Morgan fingerprint density at radius 3 is 2.21 bits per heavy atom. The molecule has 2 atom stereocenters. The summed E-state index contributed by atoms with van der Waals surface area (Å²) in [5.41, 5.74) is 1.74. The molecule has 0 saturated heterocycles. The zero-order valence-electron chi connectivity index (χ0n) is 22.5. The maximum atomic E-state index is 14.1. The van der Waals surface area contributed by atoms with E-state index in [0.717, 1.165) is 5.56 Å². The van der Waals surface area contributed by atoms with Crippen molar-refractivity contribution >= 4 is 21.8 Å². The number of primary sulfonamides is 1. The third-order valence-corrected chi connectivity index (χ3v) is 7.39. The number of aryl methyl sites for hydroxylation is 1. The van der Waals surface area contributed by atoms with E-state index < -0.39 is 33.3 Å². The van der Waals surface area contributed by atoms with Gasteiger partial charge in [0.1, 0.15) is 11.8 Å². The Hall–Kier alpha value is -3.76.